The van der Waals surface area contributed by atoms with Gasteiger partial charge in [-0.15, -0.1) is 11.3 Å². The molecule has 0 unspecified atom stereocenters. The van der Waals surface area contributed by atoms with Gasteiger partial charge in [0.05, 0.1) is 17.0 Å². The molecule has 2 aromatic heterocycles. The second-order valence-corrected chi connectivity index (χ2v) is 9.85. The molecule has 0 aromatic carbocycles. The van der Waals surface area contributed by atoms with Gasteiger partial charge in [0.25, 0.3) is 5.91 Å². The number of carbonyl (C=O) groups excluding carboxylic acids is 2. The highest BCUT2D eigenvalue weighted by Gasteiger charge is 2.45. The Balaban J connectivity index is 1.81. The van der Waals surface area contributed by atoms with Crippen molar-refractivity contribution in [1.29, 1.82) is 0 Å². The Morgan fingerprint density at radius 2 is 1.76 bits per heavy atom. The van der Waals surface area contributed by atoms with Crippen LogP contribution in [0, 0.1) is 0 Å². The second-order valence-electron chi connectivity index (χ2n) is 8.85. The zero-order valence-corrected chi connectivity index (χ0v) is 20.7. The van der Waals surface area contributed by atoms with Crippen LogP contribution in [0.25, 0.3) is 10.4 Å². The monoisotopic (exact) mass is 550 g/mol. The quantitative estimate of drug-likeness (QED) is 0.340. The molecule has 4 heterocycles. The van der Waals surface area contributed by atoms with E-state index in [1.54, 1.807) is 11.8 Å². The molecule has 2 aliphatic heterocycles. The molecule has 7 nitrogen and oxygen atoms in total. The van der Waals surface area contributed by atoms with Crippen molar-refractivity contribution in [2.24, 2.45) is 0 Å². The Kier molecular flexibility index (Phi) is 7.41. The number of hydrogen-bond donors (Lipinski definition) is 1. The smallest absolute Gasteiger partial charge is 0.417 e. The average molecular weight is 551 g/mol. The molecule has 14 heteroatoms. The summed E-state index contributed by atoms with van der Waals surface area (Å²) in [6.45, 7) is 2.77. The van der Waals surface area contributed by atoms with Gasteiger partial charge in [-0.1, -0.05) is 6.92 Å². The van der Waals surface area contributed by atoms with Gasteiger partial charge in [-0.05, 0) is 45.1 Å². The molecule has 2 saturated heterocycles. The zero-order valence-electron chi connectivity index (χ0n) is 19.9. The van der Waals surface area contributed by atoms with Gasteiger partial charge in [-0.3, -0.25) is 4.79 Å². The van der Waals surface area contributed by atoms with E-state index in [1.807, 2.05) is 5.32 Å². The summed E-state index contributed by atoms with van der Waals surface area (Å²) in [5.41, 5.74) is -2.19. The maximum atomic E-state index is 14.1. The third-order valence-electron chi connectivity index (χ3n) is 6.55. The lowest BCUT2D eigenvalue weighted by Gasteiger charge is -2.23. The Bertz CT molecular complexity index is 1160. The van der Waals surface area contributed by atoms with Crippen molar-refractivity contribution in [1.82, 2.24) is 14.9 Å². The summed E-state index contributed by atoms with van der Waals surface area (Å²) in [6, 6.07) is -1.74. The molecule has 2 bridgehead atoms. The van der Waals surface area contributed by atoms with Crippen molar-refractivity contribution < 1.29 is 40.7 Å². The van der Waals surface area contributed by atoms with Gasteiger partial charge >= 0.3 is 18.3 Å². The first-order valence-corrected chi connectivity index (χ1v) is 12.6. The Morgan fingerprint density at radius 3 is 2.27 bits per heavy atom. The average Bonchev–Trinajstić information content (AvgIpc) is 3.55. The van der Waals surface area contributed by atoms with E-state index in [4.69, 9.17) is 4.74 Å². The van der Waals surface area contributed by atoms with E-state index in [0.29, 0.717) is 17.4 Å². The molecule has 0 saturated carbocycles. The third-order valence-corrected chi connectivity index (χ3v) is 7.62. The fourth-order valence-corrected chi connectivity index (χ4v) is 5.81. The van der Waals surface area contributed by atoms with Gasteiger partial charge in [0.2, 0.25) is 5.01 Å². The highest BCUT2D eigenvalue weighted by molar-refractivity contribution is 7.17. The number of rotatable bonds is 7. The van der Waals surface area contributed by atoms with E-state index >= 15 is 0 Å². The number of halogens is 6. The molecule has 202 valence electrons. The SMILES string of the molecule is CCOC(=O)c1nc(C(=O)N2[C@H]3CC[C@@H]2CC3)c(-c2cnc(N[C@@H](CC)C(F)(F)F)cc2C(F)(F)F)s1. The Hall–Kier alpha value is -2.90. The van der Waals surface area contributed by atoms with Gasteiger partial charge < -0.3 is 15.0 Å². The molecular formula is C23H24F6N4O3S. The predicted molar refractivity (Wildman–Crippen MR) is 122 cm³/mol. The maximum Gasteiger partial charge on any atom is 0.417 e. The topological polar surface area (TPSA) is 84.4 Å². The number of anilines is 1. The molecular weight excluding hydrogens is 526 g/mol. The first-order valence-electron chi connectivity index (χ1n) is 11.8. The number of hydrogen-bond acceptors (Lipinski definition) is 7. The van der Waals surface area contributed by atoms with Crippen molar-refractivity contribution in [3.05, 3.63) is 28.5 Å². The molecule has 1 atom stereocenters. The summed E-state index contributed by atoms with van der Waals surface area (Å²) in [5.74, 6) is -2.11. The first-order chi connectivity index (χ1) is 17.3. The fourth-order valence-electron chi connectivity index (χ4n) is 4.84. The van der Waals surface area contributed by atoms with Crippen LogP contribution in [0.1, 0.15) is 71.8 Å². The number of esters is 1. The molecule has 37 heavy (non-hydrogen) atoms. The van der Waals surface area contributed by atoms with Crippen molar-refractivity contribution >= 4 is 29.0 Å². The van der Waals surface area contributed by atoms with Crippen LogP contribution in [0.2, 0.25) is 0 Å². The molecule has 0 aliphatic carbocycles. The molecule has 1 amide bonds. The second kappa shape index (κ2) is 10.1. The van der Waals surface area contributed by atoms with Crippen molar-refractivity contribution in [2.45, 2.75) is 76.4 Å². The largest absolute Gasteiger partial charge is 0.461 e. The Morgan fingerprint density at radius 1 is 1.14 bits per heavy atom. The lowest BCUT2D eigenvalue weighted by Crippen LogP contribution is -2.36. The van der Waals surface area contributed by atoms with Crippen LogP contribution in [0.5, 0.6) is 0 Å². The number of aromatic nitrogens is 2. The minimum atomic E-state index is -5.00. The first kappa shape index (κ1) is 27.1. The van der Waals surface area contributed by atoms with E-state index in [-0.39, 0.29) is 34.3 Å². The van der Waals surface area contributed by atoms with Gasteiger partial charge in [-0.2, -0.15) is 26.3 Å². The fraction of sp³-hybridized carbons (Fsp3) is 0.565. The van der Waals surface area contributed by atoms with Crippen molar-refractivity contribution in [3.63, 3.8) is 0 Å². The molecule has 2 aromatic rings. The molecule has 0 spiro atoms. The van der Waals surface area contributed by atoms with Gasteiger partial charge in [0.1, 0.15) is 17.6 Å². The van der Waals surface area contributed by atoms with E-state index in [0.717, 1.165) is 31.9 Å². The minimum absolute atomic E-state index is 0.0131. The highest BCUT2D eigenvalue weighted by Crippen LogP contribution is 2.44. The van der Waals surface area contributed by atoms with Gasteiger partial charge in [-0.25, -0.2) is 14.8 Å². The molecule has 2 aliphatic rings. The van der Waals surface area contributed by atoms with Gasteiger partial charge in [0.15, 0.2) is 0 Å². The number of pyridine rings is 1. The van der Waals surface area contributed by atoms with E-state index < -0.39 is 53.6 Å². The van der Waals surface area contributed by atoms with Crippen LogP contribution < -0.4 is 5.32 Å². The van der Waals surface area contributed by atoms with Crippen molar-refractivity contribution in [3.8, 4) is 10.4 Å². The summed E-state index contributed by atoms with van der Waals surface area (Å²) in [5, 5.41) is 1.70. The van der Waals surface area contributed by atoms with E-state index in [9.17, 15) is 35.9 Å². The number of alkyl halides is 6. The zero-order chi connectivity index (χ0) is 27.1. The standard InChI is InChI=1S/C23H24F6N4O3S/c1-3-15(23(27,28)29)31-16-9-14(22(24,25)26)13(10-30-16)18-17(32-19(37-18)21(35)36-4-2)20(34)33-11-5-6-12(33)8-7-11/h9-12,15H,3-8H2,1-2H3,(H,30,31)/t11-,12+,15-/m0/s1. The summed E-state index contributed by atoms with van der Waals surface area (Å²) in [4.78, 5) is 35.1. The number of thiazole rings is 1. The van der Waals surface area contributed by atoms with Crippen LogP contribution in [0.4, 0.5) is 32.2 Å². The van der Waals surface area contributed by atoms with E-state index in [2.05, 4.69) is 9.97 Å². The summed E-state index contributed by atoms with van der Waals surface area (Å²) in [6.07, 6.45) is -6.29. The molecule has 2 fully saturated rings. The number of nitrogens with zero attached hydrogens (tertiary/aromatic N) is 3. The van der Waals surface area contributed by atoms with E-state index in [1.165, 1.54) is 6.92 Å². The molecule has 0 radical (unpaired) electrons. The number of ether oxygens (including phenoxy) is 1. The van der Waals surface area contributed by atoms with Crippen LogP contribution in [-0.4, -0.2) is 57.7 Å². The highest BCUT2D eigenvalue weighted by atomic mass is 32.1. The number of fused-ring (bicyclic) bond motifs is 2. The number of carbonyl (C=O) groups is 2. The molecule has 1 N–H and O–H groups in total. The third kappa shape index (κ3) is 5.39. The van der Waals surface area contributed by atoms with Crippen molar-refractivity contribution in [2.75, 3.05) is 11.9 Å². The normalized spacial score (nSPS) is 20.3. The molecule has 4 rings (SSSR count). The summed E-state index contributed by atoms with van der Waals surface area (Å²) >= 11 is 0.556. The van der Waals surface area contributed by atoms with Gasteiger partial charge in [0, 0.05) is 23.8 Å². The minimum Gasteiger partial charge on any atom is -0.461 e. The maximum absolute atomic E-state index is 14.1. The Labute approximate surface area is 212 Å². The van der Waals surface area contributed by atoms with Crippen LogP contribution in [0.3, 0.4) is 0 Å². The van der Waals surface area contributed by atoms with Crippen LogP contribution in [-0.2, 0) is 10.9 Å². The number of amides is 1. The lowest BCUT2D eigenvalue weighted by molar-refractivity contribution is -0.142. The van der Waals surface area contributed by atoms with Crippen LogP contribution >= 0.6 is 11.3 Å². The summed E-state index contributed by atoms with van der Waals surface area (Å²) in [7, 11) is 0. The van der Waals surface area contributed by atoms with Crippen LogP contribution in [0.15, 0.2) is 12.3 Å². The number of nitrogens with one attached hydrogen (secondary N) is 1. The lowest BCUT2D eigenvalue weighted by atomic mass is 10.0. The predicted octanol–water partition coefficient (Wildman–Crippen LogP) is 5.92. The summed E-state index contributed by atoms with van der Waals surface area (Å²) < 4.78 is 86.9.